The van der Waals surface area contributed by atoms with Gasteiger partial charge in [0.1, 0.15) is 13.1 Å². The minimum atomic E-state index is -1.66. The van der Waals surface area contributed by atoms with E-state index in [-0.39, 0.29) is 13.1 Å². The lowest BCUT2D eigenvalue weighted by Gasteiger charge is -2.06. The molecule has 0 saturated heterocycles. The first-order valence-corrected chi connectivity index (χ1v) is 7.86. The summed E-state index contributed by atoms with van der Waals surface area (Å²) >= 11 is 0. The molecule has 14 nitrogen and oxygen atoms in total. The predicted molar refractivity (Wildman–Crippen MR) is 89.7 cm³/mol. The molecule has 0 aromatic heterocycles. The third kappa shape index (κ3) is 11.0. The Bertz CT molecular complexity index is 704. The number of hydrogen-bond acceptors (Lipinski definition) is 8. The van der Waals surface area contributed by atoms with Crippen LogP contribution in [-0.4, -0.2) is 83.4 Å². The van der Waals surface area contributed by atoms with Crippen LogP contribution in [0.1, 0.15) is 41.4 Å². The zero-order valence-electron chi connectivity index (χ0n) is 15.8. The average Bonchev–Trinajstić information content (AvgIpc) is 2.60. The predicted octanol–water partition coefficient (Wildman–Crippen LogP) is -5.66. The van der Waals surface area contributed by atoms with Crippen LogP contribution in [0.2, 0.25) is 0 Å². The zero-order chi connectivity index (χ0) is 24.0. The Kier molecular flexibility index (Phi) is 13.2. The molecule has 0 bridgehead atoms. The van der Waals surface area contributed by atoms with Gasteiger partial charge in [0, 0.05) is 0 Å². The first kappa shape index (κ1) is 28.2. The molecule has 1 rings (SSSR count). The van der Waals surface area contributed by atoms with Crippen molar-refractivity contribution in [2.24, 2.45) is 0 Å². The third-order valence-corrected chi connectivity index (χ3v) is 2.82. The quantitative estimate of drug-likeness (QED) is 0.224. The second-order valence-electron chi connectivity index (χ2n) is 5.13. The fraction of sp³-hybridized carbons (Fsp3) is 0.250. The highest BCUT2D eigenvalue weighted by Crippen LogP contribution is 2.18. The van der Waals surface area contributed by atoms with Gasteiger partial charge >= 0.3 is 23.9 Å². The number of carbonyl (C=O) groups excluding carboxylic acids is 2. The van der Waals surface area contributed by atoms with Gasteiger partial charge in [0.05, 0.1) is 48.3 Å². The van der Waals surface area contributed by atoms with Gasteiger partial charge < -0.3 is 50.9 Å². The fourth-order valence-corrected chi connectivity index (χ4v) is 1.64. The largest absolute Gasteiger partial charge is 0.544 e. The van der Waals surface area contributed by atoms with Crippen molar-refractivity contribution in [2.45, 2.75) is 0 Å². The van der Waals surface area contributed by atoms with Crippen molar-refractivity contribution in [3.05, 3.63) is 34.4 Å². The van der Waals surface area contributed by atoms with E-state index < -0.39 is 58.1 Å². The van der Waals surface area contributed by atoms with Crippen LogP contribution in [0, 0.1) is 0 Å². The first-order valence-electron chi connectivity index (χ1n) is 7.86. The lowest BCUT2D eigenvalue weighted by Crippen LogP contribution is -2.82. The topological polar surface area (TPSA) is 263 Å². The Labute approximate surface area is 168 Å². The lowest BCUT2D eigenvalue weighted by atomic mass is 9.98. The molecule has 0 radical (unpaired) electrons. The van der Waals surface area contributed by atoms with E-state index >= 15 is 0 Å². The van der Waals surface area contributed by atoms with E-state index in [0.717, 1.165) is 0 Å². The van der Waals surface area contributed by atoms with E-state index in [1.807, 2.05) is 0 Å². The number of benzene rings is 1. The highest BCUT2D eigenvalue weighted by atomic mass is 16.4. The molecular formula is C16H20N2O12. The molecule has 0 amide bonds. The number of quaternary nitrogens is 2. The summed E-state index contributed by atoms with van der Waals surface area (Å²) in [5, 5.41) is 57.0. The smallest absolute Gasteiger partial charge is 0.336 e. The van der Waals surface area contributed by atoms with Crippen LogP contribution in [0.4, 0.5) is 0 Å². The van der Waals surface area contributed by atoms with Crippen molar-refractivity contribution >= 4 is 35.8 Å². The Hall–Kier alpha value is -4.04. The molecule has 0 spiro atoms. The molecule has 0 fully saturated rings. The molecule has 166 valence electrons. The minimum Gasteiger partial charge on any atom is -0.544 e. The van der Waals surface area contributed by atoms with Gasteiger partial charge in [-0.05, 0) is 12.1 Å². The Balaban J connectivity index is 0. The van der Waals surface area contributed by atoms with Gasteiger partial charge in [-0.2, -0.15) is 0 Å². The van der Waals surface area contributed by atoms with Crippen LogP contribution in [0.25, 0.3) is 0 Å². The zero-order valence-corrected chi connectivity index (χ0v) is 15.8. The molecule has 0 saturated carbocycles. The van der Waals surface area contributed by atoms with Gasteiger partial charge in [0.25, 0.3) is 0 Å². The second kappa shape index (κ2) is 14.0. The number of carboxylic acids is 6. The number of carbonyl (C=O) groups is 6. The van der Waals surface area contributed by atoms with Gasteiger partial charge in [0.2, 0.25) is 0 Å². The molecule has 0 atom stereocenters. The Morgan fingerprint density at radius 1 is 0.633 bits per heavy atom. The van der Waals surface area contributed by atoms with Crippen molar-refractivity contribution in [3.63, 3.8) is 0 Å². The third-order valence-electron chi connectivity index (χ3n) is 2.82. The molecule has 14 heteroatoms. The van der Waals surface area contributed by atoms with Crippen molar-refractivity contribution in [1.29, 1.82) is 0 Å². The summed E-state index contributed by atoms with van der Waals surface area (Å²) < 4.78 is 0. The SMILES string of the molecule is C[NH2+]CC(=O)[O-].C[NH2+]CC(=O)[O-].O=C(O)c1cc(C(=O)O)c(C(=O)O)cc1C(=O)O. The van der Waals surface area contributed by atoms with Crippen LogP contribution in [0.3, 0.4) is 0 Å². The van der Waals surface area contributed by atoms with E-state index in [1.54, 1.807) is 14.1 Å². The summed E-state index contributed by atoms with van der Waals surface area (Å²) in [5.74, 6) is -8.67. The number of likely N-dealkylation sites (N-methyl/N-ethyl adjacent to an activating group) is 2. The van der Waals surface area contributed by atoms with Gasteiger partial charge in [-0.3, -0.25) is 0 Å². The molecule has 0 heterocycles. The number of aliphatic carboxylic acids is 2. The number of aromatic carboxylic acids is 4. The van der Waals surface area contributed by atoms with Crippen LogP contribution >= 0.6 is 0 Å². The maximum absolute atomic E-state index is 10.8. The van der Waals surface area contributed by atoms with Crippen molar-refractivity contribution in [3.8, 4) is 0 Å². The number of hydrogen-bond donors (Lipinski definition) is 6. The summed E-state index contributed by atoms with van der Waals surface area (Å²) in [6.45, 7) is 0.111. The molecule has 0 aliphatic heterocycles. The van der Waals surface area contributed by atoms with Crippen molar-refractivity contribution in [2.75, 3.05) is 27.2 Å². The number of nitrogens with two attached hydrogens (primary N) is 2. The maximum atomic E-state index is 10.8. The molecule has 0 aliphatic carbocycles. The molecule has 1 aromatic rings. The second-order valence-corrected chi connectivity index (χ2v) is 5.13. The monoisotopic (exact) mass is 432 g/mol. The van der Waals surface area contributed by atoms with E-state index in [2.05, 4.69) is 0 Å². The highest BCUT2D eigenvalue weighted by Gasteiger charge is 2.24. The van der Waals surface area contributed by atoms with Crippen LogP contribution in [0.5, 0.6) is 0 Å². The molecule has 0 unspecified atom stereocenters. The standard InChI is InChI=1S/C10H6O8.2C3H7NO2/c11-7(12)3-1-4(8(13)14)6(10(17)18)2-5(3)9(15)16;2*1-4-2-3(5)6/h1-2H,(H,11,12)(H,13,14)(H,15,16)(H,17,18);2*4H,2H2,1H3,(H,5,6). The normalized spacial score (nSPS) is 9.13. The van der Waals surface area contributed by atoms with Gasteiger partial charge in [0.15, 0.2) is 0 Å². The average molecular weight is 432 g/mol. The molecule has 8 N–H and O–H groups in total. The number of carboxylic acid groups (broad SMARTS) is 6. The van der Waals surface area contributed by atoms with E-state index in [4.69, 9.17) is 20.4 Å². The van der Waals surface area contributed by atoms with Gasteiger partial charge in [-0.25, -0.2) is 19.2 Å². The van der Waals surface area contributed by atoms with Crippen molar-refractivity contribution < 1.29 is 70.0 Å². The fourth-order valence-electron chi connectivity index (χ4n) is 1.64. The van der Waals surface area contributed by atoms with E-state index in [0.29, 0.717) is 12.1 Å². The summed E-state index contributed by atoms with van der Waals surface area (Å²) in [6.07, 6.45) is 0. The van der Waals surface area contributed by atoms with E-state index in [9.17, 15) is 39.0 Å². The van der Waals surface area contributed by atoms with Gasteiger partial charge in [-0.1, -0.05) is 0 Å². The minimum absolute atomic E-state index is 0.0556. The van der Waals surface area contributed by atoms with Crippen LogP contribution in [0.15, 0.2) is 12.1 Å². The number of rotatable bonds is 8. The highest BCUT2D eigenvalue weighted by molar-refractivity contribution is 6.09. The maximum Gasteiger partial charge on any atom is 0.336 e. The Morgan fingerprint density at radius 3 is 0.900 bits per heavy atom. The summed E-state index contributed by atoms with van der Waals surface area (Å²) in [6, 6.07) is 1.02. The molecule has 0 aliphatic rings. The van der Waals surface area contributed by atoms with Crippen LogP contribution in [-0.2, 0) is 9.59 Å². The van der Waals surface area contributed by atoms with Crippen LogP contribution < -0.4 is 20.8 Å². The first-order chi connectivity index (χ1) is 13.8. The van der Waals surface area contributed by atoms with E-state index in [1.165, 1.54) is 10.6 Å². The summed E-state index contributed by atoms with van der Waals surface area (Å²) in [4.78, 5) is 62.0. The molecule has 30 heavy (non-hydrogen) atoms. The lowest BCUT2D eigenvalue weighted by molar-refractivity contribution is -0.622. The molecular weight excluding hydrogens is 412 g/mol. The summed E-state index contributed by atoms with van der Waals surface area (Å²) in [5.41, 5.74) is -3.15. The molecule has 1 aromatic carbocycles. The van der Waals surface area contributed by atoms with Crippen molar-refractivity contribution in [1.82, 2.24) is 0 Å². The Morgan fingerprint density at radius 2 is 0.833 bits per heavy atom. The summed E-state index contributed by atoms with van der Waals surface area (Å²) in [7, 11) is 3.35. The van der Waals surface area contributed by atoms with Gasteiger partial charge in [-0.15, -0.1) is 0 Å².